The predicted molar refractivity (Wildman–Crippen MR) is 127 cm³/mol. The largest absolute Gasteiger partial charge is 0.494 e. The maximum Gasteiger partial charge on any atom is 0.228 e. The molecular weight excluding hydrogens is 432 g/mol. The zero-order chi connectivity index (χ0) is 21.6. The van der Waals surface area contributed by atoms with E-state index in [0.29, 0.717) is 25.5 Å². The van der Waals surface area contributed by atoms with Gasteiger partial charge in [-0.15, -0.1) is 11.6 Å². The number of rotatable bonds is 10. The molecule has 2 heterocycles. The molecule has 1 aliphatic rings. The van der Waals surface area contributed by atoms with Crippen LogP contribution < -0.4 is 21.1 Å². The Hall–Kier alpha value is -2.61. The molecule has 162 valence electrons. The van der Waals surface area contributed by atoms with Crippen LogP contribution in [0.15, 0.2) is 48.7 Å². The highest BCUT2D eigenvalue weighted by atomic mass is 35.5. The topological polar surface area (TPSA) is 89.3 Å². The summed E-state index contributed by atoms with van der Waals surface area (Å²) in [6.07, 6.45) is 3.89. The van der Waals surface area contributed by atoms with E-state index in [2.05, 4.69) is 21.7 Å². The fourth-order valence-electron chi connectivity index (χ4n) is 3.43. The van der Waals surface area contributed by atoms with Crippen LogP contribution in [0.4, 0.5) is 10.8 Å². The number of hydrogen-bond donors (Lipinski definition) is 3. The molecule has 8 heteroatoms. The first-order chi connectivity index (χ1) is 15.1. The Bertz CT molecular complexity index is 1040. The highest BCUT2D eigenvalue weighted by molar-refractivity contribution is 7.18. The van der Waals surface area contributed by atoms with E-state index in [0.717, 1.165) is 45.4 Å². The molecule has 6 nitrogen and oxygen atoms in total. The van der Waals surface area contributed by atoms with Crippen LogP contribution in [0.25, 0.3) is 10.4 Å². The number of halogens is 1. The zero-order valence-corrected chi connectivity index (χ0v) is 18.6. The Morgan fingerprint density at radius 3 is 2.90 bits per heavy atom. The Kier molecular flexibility index (Phi) is 7.06. The fourth-order valence-corrected chi connectivity index (χ4v) is 4.36. The van der Waals surface area contributed by atoms with Gasteiger partial charge >= 0.3 is 0 Å². The lowest BCUT2D eigenvalue weighted by Crippen LogP contribution is -2.31. The summed E-state index contributed by atoms with van der Waals surface area (Å²) in [5.41, 5.74) is 10.5. The summed E-state index contributed by atoms with van der Waals surface area (Å²) in [4.78, 5) is 17.1. The molecule has 0 aliphatic carbocycles. The molecule has 3 aromatic rings. The lowest BCUT2D eigenvalue weighted by Gasteiger charge is -2.13. The first kappa shape index (κ1) is 21.6. The van der Waals surface area contributed by atoms with Crippen LogP contribution in [0, 0.1) is 0 Å². The summed E-state index contributed by atoms with van der Waals surface area (Å²) in [6.45, 7) is 1.26. The fraction of sp³-hybridized carbons (Fsp3) is 0.304. The number of aromatic nitrogens is 1. The van der Waals surface area contributed by atoms with Gasteiger partial charge in [0.05, 0.1) is 17.9 Å². The minimum Gasteiger partial charge on any atom is -0.494 e. The normalized spacial score (nSPS) is 13.5. The van der Waals surface area contributed by atoms with Crippen LogP contribution in [-0.2, 0) is 17.6 Å². The molecule has 0 fully saturated rings. The number of nitrogens with two attached hydrogens (primary N) is 1. The van der Waals surface area contributed by atoms with Crippen molar-refractivity contribution < 1.29 is 9.53 Å². The molecule has 1 atom stereocenters. The molecule has 1 aromatic heterocycles. The SMILES string of the molecule is N[C@@H](CNc1ncc(-c2ccc3c(c2)CC(=O)N3)s1)Cc1ccc(OCCCCl)cc1. The van der Waals surface area contributed by atoms with Crippen molar-refractivity contribution in [2.45, 2.75) is 25.3 Å². The van der Waals surface area contributed by atoms with Crippen molar-refractivity contribution in [2.75, 3.05) is 29.7 Å². The average Bonchev–Trinajstić information content (AvgIpc) is 3.39. The Balaban J connectivity index is 1.28. The predicted octanol–water partition coefficient (Wildman–Crippen LogP) is 4.29. The lowest BCUT2D eigenvalue weighted by molar-refractivity contribution is -0.115. The number of carbonyl (C=O) groups is 1. The smallest absolute Gasteiger partial charge is 0.228 e. The van der Waals surface area contributed by atoms with E-state index in [9.17, 15) is 4.79 Å². The van der Waals surface area contributed by atoms with Crippen LogP contribution in [-0.4, -0.2) is 36.0 Å². The molecule has 0 spiro atoms. The number of hydrogen-bond acceptors (Lipinski definition) is 6. The molecule has 0 bridgehead atoms. The summed E-state index contributed by atoms with van der Waals surface area (Å²) in [5.74, 6) is 1.50. The lowest BCUT2D eigenvalue weighted by atomic mass is 10.1. The number of amides is 1. The van der Waals surface area contributed by atoms with E-state index in [1.807, 2.05) is 42.6 Å². The number of ether oxygens (including phenoxy) is 1. The van der Waals surface area contributed by atoms with Crippen LogP contribution in [0.5, 0.6) is 5.75 Å². The minimum atomic E-state index is -0.0348. The second kappa shape index (κ2) is 10.1. The van der Waals surface area contributed by atoms with E-state index in [1.54, 1.807) is 11.3 Å². The molecule has 2 aromatic carbocycles. The second-order valence-electron chi connectivity index (χ2n) is 7.51. The van der Waals surface area contributed by atoms with Crippen LogP contribution >= 0.6 is 22.9 Å². The van der Waals surface area contributed by atoms with Gasteiger partial charge in [-0.3, -0.25) is 4.79 Å². The minimum absolute atomic E-state index is 0.0348. The standard InChI is InChI=1S/C23H25ClN4O2S/c24-8-1-9-30-19-5-2-15(3-6-19)10-18(25)13-26-23-27-14-21(31-23)16-4-7-20-17(11-16)12-22(29)28-20/h2-7,11,14,18H,1,8-10,12-13,25H2,(H,26,27)(H,28,29)/t18-/m1/s1. The third-order valence-corrected chi connectivity index (χ3v) is 6.28. The number of nitrogens with one attached hydrogen (secondary N) is 2. The average molecular weight is 457 g/mol. The first-order valence-electron chi connectivity index (χ1n) is 10.3. The van der Waals surface area contributed by atoms with E-state index < -0.39 is 0 Å². The van der Waals surface area contributed by atoms with Gasteiger partial charge in [-0.05, 0) is 53.8 Å². The molecule has 0 unspecified atom stereocenters. The molecule has 4 rings (SSSR count). The van der Waals surface area contributed by atoms with Crippen molar-refractivity contribution in [2.24, 2.45) is 5.73 Å². The van der Waals surface area contributed by atoms with E-state index in [4.69, 9.17) is 22.1 Å². The van der Waals surface area contributed by atoms with Crippen molar-refractivity contribution in [3.05, 3.63) is 59.8 Å². The van der Waals surface area contributed by atoms with Crippen molar-refractivity contribution in [1.82, 2.24) is 4.98 Å². The summed E-state index contributed by atoms with van der Waals surface area (Å²) >= 11 is 7.25. The van der Waals surface area contributed by atoms with Crippen molar-refractivity contribution in [3.8, 4) is 16.2 Å². The van der Waals surface area contributed by atoms with E-state index in [1.165, 1.54) is 5.56 Å². The van der Waals surface area contributed by atoms with Gasteiger partial charge in [0.25, 0.3) is 0 Å². The van der Waals surface area contributed by atoms with Crippen LogP contribution in [0.2, 0.25) is 0 Å². The summed E-state index contributed by atoms with van der Waals surface area (Å²) < 4.78 is 5.63. The molecule has 0 saturated carbocycles. The van der Waals surface area contributed by atoms with Gasteiger partial charge in [-0.1, -0.05) is 29.5 Å². The van der Waals surface area contributed by atoms with Gasteiger partial charge in [0.15, 0.2) is 5.13 Å². The number of alkyl halides is 1. The quantitative estimate of drug-likeness (QED) is 0.312. The Morgan fingerprint density at radius 1 is 1.26 bits per heavy atom. The summed E-state index contributed by atoms with van der Waals surface area (Å²) in [6, 6.07) is 14.0. The van der Waals surface area contributed by atoms with Crippen LogP contribution in [0.1, 0.15) is 17.5 Å². The van der Waals surface area contributed by atoms with Gasteiger partial charge in [0, 0.05) is 30.4 Å². The highest BCUT2D eigenvalue weighted by Gasteiger charge is 2.18. The summed E-state index contributed by atoms with van der Waals surface area (Å²) in [7, 11) is 0. The number of carbonyl (C=O) groups excluding carboxylic acids is 1. The number of nitrogens with zero attached hydrogens (tertiary/aromatic N) is 1. The van der Waals surface area contributed by atoms with Crippen molar-refractivity contribution >= 4 is 39.7 Å². The molecule has 1 amide bonds. The third kappa shape index (κ3) is 5.76. The number of benzene rings is 2. The molecule has 1 aliphatic heterocycles. The van der Waals surface area contributed by atoms with Gasteiger partial charge in [-0.2, -0.15) is 0 Å². The molecule has 0 radical (unpaired) electrons. The Labute approximate surface area is 190 Å². The maximum atomic E-state index is 11.5. The van der Waals surface area contributed by atoms with E-state index >= 15 is 0 Å². The van der Waals surface area contributed by atoms with Gasteiger partial charge in [-0.25, -0.2) is 4.98 Å². The van der Waals surface area contributed by atoms with Crippen molar-refractivity contribution in [3.63, 3.8) is 0 Å². The molecule has 31 heavy (non-hydrogen) atoms. The van der Waals surface area contributed by atoms with E-state index in [-0.39, 0.29) is 11.9 Å². The highest BCUT2D eigenvalue weighted by Crippen LogP contribution is 2.33. The number of anilines is 2. The molecule has 0 saturated heterocycles. The van der Waals surface area contributed by atoms with Crippen LogP contribution in [0.3, 0.4) is 0 Å². The molecular formula is C23H25ClN4O2S. The third-order valence-electron chi connectivity index (χ3n) is 5.00. The second-order valence-corrected chi connectivity index (χ2v) is 8.92. The first-order valence-corrected chi connectivity index (χ1v) is 11.6. The monoisotopic (exact) mass is 456 g/mol. The Morgan fingerprint density at radius 2 is 2.10 bits per heavy atom. The number of fused-ring (bicyclic) bond motifs is 1. The number of thiazole rings is 1. The van der Waals surface area contributed by atoms with Gasteiger partial charge in [0.1, 0.15) is 5.75 Å². The summed E-state index contributed by atoms with van der Waals surface area (Å²) in [5, 5.41) is 7.03. The zero-order valence-electron chi connectivity index (χ0n) is 17.1. The van der Waals surface area contributed by atoms with Gasteiger partial charge in [0.2, 0.25) is 5.91 Å². The molecule has 4 N–H and O–H groups in total. The van der Waals surface area contributed by atoms with Crippen molar-refractivity contribution in [1.29, 1.82) is 0 Å². The van der Waals surface area contributed by atoms with Gasteiger partial charge < -0.3 is 21.1 Å². The maximum absolute atomic E-state index is 11.5.